The molecule has 156 valence electrons. The van der Waals surface area contributed by atoms with Crippen LogP contribution in [0, 0.1) is 11.3 Å². The van der Waals surface area contributed by atoms with E-state index >= 15 is 0 Å². The van der Waals surface area contributed by atoms with Gasteiger partial charge in [0.25, 0.3) is 5.91 Å². The van der Waals surface area contributed by atoms with Crippen LogP contribution < -0.4 is 10.6 Å². The monoisotopic (exact) mass is 433 g/mol. The fourth-order valence-electron chi connectivity index (χ4n) is 3.90. The van der Waals surface area contributed by atoms with E-state index in [1.54, 1.807) is 30.5 Å². The number of benzene rings is 1. The predicted molar refractivity (Wildman–Crippen MR) is 115 cm³/mol. The Kier molecular flexibility index (Phi) is 5.34. The molecular formula is C22H19N5O3S. The second-order valence-electron chi connectivity index (χ2n) is 7.36. The molecule has 0 aliphatic carbocycles. The van der Waals surface area contributed by atoms with Crippen LogP contribution >= 0.6 is 11.3 Å². The number of hydrogen-bond acceptors (Lipinski definition) is 8. The minimum atomic E-state index is -0.225. The molecule has 1 aromatic carbocycles. The van der Waals surface area contributed by atoms with Crippen LogP contribution in [0.4, 0.5) is 5.95 Å². The van der Waals surface area contributed by atoms with E-state index in [-0.39, 0.29) is 30.2 Å². The standard InChI is InChI=1S/C22H19N5O3S/c23-10-13-3-1-4-14(9-13)15-6-7-24-22(26-15)27-17-12-30-19-16(11-29-20(17)19)25-21(28)18-5-2-8-31-18/h1-9,16-17,19-20H,11-12H2,(H,25,28)(H,24,26,27). The van der Waals surface area contributed by atoms with E-state index in [4.69, 9.17) is 14.7 Å². The molecule has 31 heavy (non-hydrogen) atoms. The Balaban J connectivity index is 1.26. The molecule has 5 rings (SSSR count). The van der Waals surface area contributed by atoms with Crippen LogP contribution in [0.5, 0.6) is 0 Å². The van der Waals surface area contributed by atoms with Crippen LogP contribution in [0.25, 0.3) is 11.3 Å². The molecule has 1 amide bonds. The van der Waals surface area contributed by atoms with Gasteiger partial charge in [0.05, 0.1) is 47.5 Å². The fraction of sp³-hybridized carbons (Fsp3) is 0.273. The third-order valence-electron chi connectivity index (χ3n) is 5.37. The summed E-state index contributed by atoms with van der Waals surface area (Å²) in [7, 11) is 0. The number of nitrogens with one attached hydrogen (secondary N) is 2. The van der Waals surface area contributed by atoms with Gasteiger partial charge in [0.2, 0.25) is 5.95 Å². The van der Waals surface area contributed by atoms with E-state index in [0.717, 1.165) is 11.3 Å². The molecule has 0 spiro atoms. The summed E-state index contributed by atoms with van der Waals surface area (Å²) in [5.74, 6) is 0.351. The van der Waals surface area contributed by atoms with Crippen molar-refractivity contribution < 1.29 is 14.3 Å². The quantitative estimate of drug-likeness (QED) is 0.636. The Morgan fingerprint density at radius 2 is 1.97 bits per heavy atom. The molecule has 4 unspecified atom stereocenters. The van der Waals surface area contributed by atoms with Gasteiger partial charge in [-0.3, -0.25) is 4.79 Å². The molecule has 2 aliphatic heterocycles. The van der Waals surface area contributed by atoms with Crippen molar-refractivity contribution in [3.8, 4) is 17.3 Å². The number of ether oxygens (including phenoxy) is 2. The second-order valence-corrected chi connectivity index (χ2v) is 8.31. The maximum Gasteiger partial charge on any atom is 0.261 e. The zero-order valence-corrected chi connectivity index (χ0v) is 17.2. The number of nitriles is 1. The van der Waals surface area contributed by atoms with Crippen LogP contribution in [0.15, 0.2) is 54.0 Å². The first-order chi connectivity index (χ1) is 15.2. The minimum Gasteiger partial charge on any atom is -0.371 e. The van der Waals surface area contributed by atoms with Crippen molar-refractivity contribution in [3.63, 3.8) is 0 Å². The Labute approximate surface area is 182 Å². The molecule has 0 saturated carbocycles. The highest BCUT2D eigenvalue weighted by Gasteiger charge is 2.48. The van der Waals surface area contributed by atoms with Gasteiger partial charge in [-0.05, 0) is 29.6 Å². The molecule has 9 heteroatoms. The Morgan fingerprint density at radius 3 is 2.77 bits per heavy atom. The maximum absolute atomic E-state index is 12.4. The van der Waals surface area contributed by atoms with Crippen molar-refractivity contribution >= 4 is 23.2 Å². The van der Waals surface area contributed by atoms with Gasteiger partial charge in [0.1, 0.15) is 12.2 Å². The fourth-order valence-corrected chi connectivity index (χ4v) is 4.52. The summed E-state index contributed by atoms with van der Waals surface area (Å²) in [6, 6.07) is 14.5. The van der Waals surface area contributed by atoms with Gasteiger partial charge in [0.15, 0.2) is 0 Å². The Hall–Kier alpha value is -3.32. The SMILES string of the molecule is N#Cc1cccc(-c2ccnc(NC3COC4C(NC(=O)c5cccs5)COC34)n2)c1. The molecule has 2 fully saturated rings. The molecule has 4 atom stereocenters. The lowest BCUT2D eigenvalue weighted by Crippen LogP contribution is -2.44. The smallest absolute Gasteiger partial charge is 0.261 e. The molecule has 4 heterocycles. The number of aromatic nitrogens is 2. The molecule has 0 radical (unpaired) electrons. The van der Waals surface area contributed by atoms with Crippen LogP contribution in [-0.2, 0) is 9.47 Å². The maximum atomic E-state index is 12.4. The van der Waals surface area contributed by atoms with Crippen LogP contribution in [0.1, 0.15) is 15.2 Å². The molecule has 2 aromatic heterocycles. The Bertz CT molecular complexity index is 1130. The van der Waals surface area contributed by atoms with Crippen LogP contribution in [0.2, 0.25) is 0 Å². The lowest BCUT2D eigenvalue weighted by atomic mass is 10.1. The van der Waals surface area contributed by atoms with Crippen molar-refractivity contribution in [1.82, 2.24) is 15.3 Å². The first-order valence-corrected chi connectivity index (χ1v) is 10.8. The van der Waals surface area contributed by atoms with Crippen molar-refractivity contribution in [2.24, 2.45) is 0 Å². The third kappa shape index (κ3) is 4.01. The number of fused-ring (bicyclic) bond motifs is 1. The topological polar surface area (TPSA) is 109 Å². The van der Waals surface area contributed by atoms with Gasteiger partial charge in [-0.15, -0.1) is 11.3 Å². The van der Waals surface area contributed by atoms with Crippen molar-refractivity contribution in [2.75, 3.05) is 18.5 Å². The summed E-state index contributed by atoms with van der Waals surface area (Å²) in [5, 5.41) is 17.3. The van der Waals surface area contributed by atoms with E-state index in [0.29, 0.717) is 29.6 Å². The average Bonchev–Trinajstić information content (AvgIpc) is 3.55. The first kappa shape index (κ1) is 19.6. The van der Waals surface area contributed by atoms with Gasteiger partial charge in [-0.1, -0.05) is 18.2 Å². The number of thiophene rings is 1. The van der Waals surface area contributed by atoms with E-state index < -0.39 is 0 Å². The van der Waals surface area contributed by atoms with Crippen LogP contribution in [-0.4, -0.2) is 53.4 Å². The third-order valence-corrected chi connectivity index (χ3v) is 6.24. The molecular weight excluding hydrogens is 414 g/mol. The largest absolute Gasteiger partial charge is 0.371 e. The van der Waals surface area contributed by atoms with Crippen molar-refractivity contribution in [2.45, 2.75) is 24.3 Å². The number of nitrogens with zero attached hydrogens (tertiary/aromatic N) is 3. The molecule has 3 aromatic rings. The van der Waals surface area contributed by atoms with E-state index in [9.17, 15) is 4.79 Å². The molecule has 8 nitrogen and oxygen atoms in total. The average molecular weight is 433 g/mol. The first-order valence-electron chi connectivity index (χ1n) is 9.89. The zero-order chi connectivity index (χ0) is 21.2. The summed E-state index contributed by atoms with van der Waals surface area (Å²) in [4.78, 5) is 21.9. The number of hydrogen-bond donors (Lipinski definition) is 2. The number of anilines is 1. The van der Waals surface area contributed by atoms with Gasteiger partial charge in [-0.25, -0.2) is 9.97 Å². The van der Waals surface area contributed by atoms with Crippen molar-refractivity contribution in [3.05, 3.63) is 64.5 Å². The number of amides is 1. The van der Waals surface area contributed by atoms with Gasteiger partial charge >= 0.3 is 0 Å². The van der Waals surface area contributed by atoms with Gasteiger partial charge < -0.3 is 20.1 Å². The second kappa shape index (κ2) is 8.43. The van der Waals surface area contributed by atoms with Gasteiger partial charge in [0, 0.05) is 11.8 Å². The normalized spacial score (nSPS) is 24.4. The zero-order valence-electron chi connectivity index (χ0n) is 16.4. The highest BCUT2D eigenvalue weighted by Crippen LogP contribution is 2.29. The van der Waals surface area contributed by atoms with E-state index in [1.807, 2.05) is 23.6 Å². The summed E-state index contributed by atoms with van der Waals surface area (Å²) in [6.07, 6.45) is 1.25. The summed E-state index contributed by atoms with van der Waals surface area (Å²) in [6.45, 7) is 0.824. The summed E-state index contributed by atoms with van der Waals surface area (Å²) in [5.41, 5.74) is 2.14. The molecule has 2 saturated heterocycles. The summed E-state index contributed by atoms with van der Waals surface area (Å²) < 4.78 is 11.9. The van der Waals surface area contributed by atoms with Gasteiger partial charge in [-0.2, -0.15) is 5.26 Å². The minimum absolute atomic E-state index is 0.111. The lowest BCUT2D eigenvalue weighted by Gasteiger charge is -2.18. The van der Waals surface area contributed by atoms with E-state index in [1.165, 1.54) is 11.3 Å². The highest BCUT2D eigenvalue weighted by atomic mass is 32.1. The van der Waals surface area contributed by atoms with Crippen molar-refractivity contribution in [1.29, 1.82) is 5.26 Å². The summed E-state index contributed by atoms with van der Waals surface area (Å²) >= 11 is 1.40. The Morgan fingerprint density at radius 1 is 1.13 bits per heavy atom. The highest BCUT2D eigenvalue weighted by molar-refractivity contribution is 7.12. The lowest BCUT2D eigenvalue weighted by molar-refractivity contribution is 0.0652. The number of rotatable bonds is 5. The molecule has 2 N–H and O–H groups in total. The molecule has 0 bridgehead atoms. The van der Waals surface area contributed by atoms with E-state index in [2.05, 4.69) is 26.7 Å². The number of carbonyl (C=O) groups excluding carboxylic acids is 1. The van der Waals surface area contributed by atoms with Crippen LogP contribution in [0.3, 0.4) is 0 Å². The number of carbonyl (C=O) groups is 1. The molecule has 2 aliphatic rings. The predicted octanol–water partition coefficient (Wildman–Crippen LogP) is 2.45.